The smallest absolute Gasteiger partial charge is 0.380 e. The summed E-state index contributed by atoms with van der Waals surface area (Å²) in [6.07, 6.45) is -4.64. The Morgan fingerprint density at radius 2 is 1.97 bits per heavy atom. The first-order valence-electron chi connectivity index (χ1n) is 11.5. The number of nitrogens with two attached hydrogens (primary N) is 1. The number of carbonyl (C=O) groups is 1. The first-order chi connectivity index (χ1) is 17.4. The molecule has 4 N–H and O–H groups in total. The SMILES string of the molecule is CC(C)OC(=O)[C@H](C)C[P@@](=O)(OC[C@H]1O[C@@H](n2ccc(N)nc2=O)C(O)(CF)[C@H]1O)Oc1ccccc1. The lowest BCUT2D eigenvalue weighted by Crippen LogP contribution is -2.50. The maximum Gasteiger partial charge on any atom is 0.380 e. The number of hydrogen-bond acceptors (Lipinski definition) is 11. The molecule has 0 saturated carbocycles. The number of anilines is 1. The van der Waals surface area contributed by atoms with E-state index in [1.165, 1.54) is 25.1 Å². The number of halogens is 1. The first-order valence-corrected chi connectivity index (χ1v) is 13.3. The van der Waals surface area contributed by atoms with Gasteiger partial charge < -0.3 is 29.9 Å². The van der Waals surface area contributed by atoms with Crippen molar-refractivity contribution < 1.29 is 42.5 Å². The van der Waals surface area contributed by atoms with Gasteiger partial charge in [-0.15, -0.1) is 0 Å². The normalized spacial score (nSPS) is 26.0. The summed E-state index contributed by atoms with van der Waals surface area (Å²) in [5.41, 5.74) is 1.99. The summed E-state index contributed by atoms with van der Waals surface area (Å²) < 4.78 is 50.4. The Bertz CT molecular complexity index is 1180. The van der Waals surface area contributed by atoms with Crippen LogP contribution in [0.4, 0.5) is 10.2 Å². The molecule has 1 aromatic heterocycles. The molecule has 12 nitrogen and oxygen atoms in total. The lowest BCUT2D eigenvalue weighted by atomic mass is 9.95. The number of ether oxygens (including phenoxy) is 2. The highest BCUT2D eigenvalue weighted by Gasteiger charge is 2.57. The molecule has 1 fully saturated rings. The van der Waals surface area contributed by atoms with E-state index in [9.17, 15) is 28.8 Å². The Balaban J connectivity index is 1.82. The number of carbonyl (C=O) groups excluding carboxylic acids is 1. The van der Waals surface area contributed by atoms with Crippen molar-refractivity contribution in [3.63, 3.8) is 0 Å². The van der Waals surface area contributed by atoms with Crippen molar-refractivity contribution in [2.45, 2.75) is 50.9 Å². The molecule has 0 radical (unpaired) electrons. The number of nitrogens with zero attached hydrogens (tertiary/aromatic N) is 2. The van der Waals surface area contributed by atoms with E-state index in [4.69, 9.17) is 24.3 Å². The van der Waals surface area contributed by atoms with E-state index in [2.05, 4.69) is 4.98 Å². The number of nitrogen functional groups attached to an aromatic ring is 1. The monoisotopic (exact) mass is 543 g/mol. The molecule has 37 heavy (non-hydrogen) atoms. The summed E-state index contributed by atoms with van der Waals surface area (Å²) in [5, 5.41) is 21.5. The number of hydrogen-bond donors (Lipinski definition) is 3. The highest BCUT2D eigenvalue weighted by Crippen LogP contribution is 2.51. The van der Waals surface area contributed by atoms with Gasteiger partial charge in [0, 0.05) is 6.20 Å². The summed E-state index contributed by atoms with van der Waals surface area (Å²) in [6.45, 7) is 2.72. The number of benzene rings is 1. The predicted molar refractivity (Wildman–Crippen MR) is 130 cm³/mol. The van der Waals surface area contributed by atoms with Crippen LogP contribution in [-0.2, 0) is 23.4 Å². The van der Waals surface area contributed by atoms with Gasteiger partial charge in [0.1, 0.15) is 30.4 Å². The minimum Gasteiger partial charge on any atom is -0.463 e. The second-order valence-electron chi connectivity index (χ2n) is 9.02. The molecule has 1 aliphatic heterocycles. The second kappa shape index (κ2) is 11.7. The highest BCUT2D eigenvalue weighted by atomic mass is 31.2. The molecular formula is C23H31FN3O9P. The van der Waals surface area contributed by atoms with Crippen LogP contribution in [0.2, 0.25) is 0 Å². The van der Waals surface area contributed by atoms with Crippen LogP contribution in [0, 0.1) is 5.92 Å². The molecule has 0 aliphatic carbocycles. The Kier molecular flexibility index (Phi) is 9.09. The molecule has 1 unspecified atom stereocenters. The standard InChI is InChI=1S/C23H31FN3O9P/c1-14(2)34-20(29)15(3)12-37(32,36-16-7-5-4-6-8-16)33-11-17-19(28)23(31,13-24)21(35-17)27-10-9-18(25)26-22(27)30/h4-10,14-15,17,19,21,28,31H,11-13H2,1-3H3,(H2,25,26,30)/t15-,17-,19+,21-,23?,37-/m1/s1. The maximum atomic E-state index is 14.0. The highest BCUT2D eigenvalue weighted by molar-refractivity contribution is 7.54. The molecule has 1 aromatic carbocycles. The fraction of sp³-hybridized carbons (Fsp3) is 0.522. The first kappa shape index (κ1) is 28.7. The maximum absolute atomic E-state index is 14.0. The minimum atomic E-state index is -4.10. The van der Waals surface area contributed by atoms with Gasteiger partial charge in [-0.3, -0.25) is 13.9 Å². The van der Waals surface area contributed by atoms with Crippen molar-refractivity contribution >= 4 is 19.4 Å². The van der Waals surface area contributed by atoms with Crippen molar-refractivity contribution in [3.8, 4) is 5.75 Å². The number of aliphatic hydroxyl groups excluding tert-OH is 1. The molecular weight excluding hydrogens is 512 g/mol. The third kappa shape index (κ3) is 6.74. The van der Waals surface area contributed by atoms with Crippen LogP contribution >= 0.6 is 7.60 Å². The predicted octanol–water partition coefficient (Wildman–Crippen LogP) is 1.66. The fourth-order valence-corrected chi connectivity index (χ4v) is 5.59. The van der Waals surface area contributed by atoms with Gasteiger partial charge in [-0.05, 0) is 32.0 Å². The summed E-state index contributed by atoms with van der Waals surface area (Å²) in [4.78, 5) is 28.1. The Morgan fingerprint density at radius 1 is 1.30 bits per heavy atom. The summed E-state index contributed by atoms with van der Waals surface area (Å²) in [5.74, 6) is -1.41. The Hall–Kier alpha value is -2.83. The largest absolute Gasteiger partial charge is 0.463 e. The molecule has 2 heterocycles. The van der Waals surface area contributed by atoms with Gasteiger partial charge in [0.25, 0.3) is 0 Å². The lowest BCUT2D eigenvalue weighted by molar-refractivity contribution is -0.151. The molecule has 2 aromatic rings. The topological polar surface area (TPSA) is 172 Å². The van der Waals surface area contributed by atoms with Crippen molar-refractivity contribution in [2.24, 2.45) is 5.92 Å². The quantitative estimate of drug-likeness (QED) is 0.278. The molecule has 14 heteroatoms. The molecule has 1 aliphatic rings. The van der Waals surface area contributed by atoms with Crippen LogP contribution in [0.15, 0.2) is 47.4 Å². The van der Waals surface area contributed by atoms with Crippen molar-refractivity contribution in [1.29, 1.82) is 0 Å². The van der Waals surface area contributed by atoms with Crippen molar-refractivity contribution in [2.75, 3.05) is 25.2 Å². The molecule has 0 spiro atoms. The van der Waals surface area contributed by atoms with Crippen molar-refractivity contribution in [1.82, 2.24) is 9.55 Å². The molecule has 6 atom stereocenters. The number of aromatic nitrogens is 2. The van der Waals surface area contributed by atoms with E-state index in [-0.39, 0.29) is 17.7 Å². The van der Waals surface area contributed by atoms with Gasteiger partial charge in [0.15, 0.2) is 11.8 Å². The Labute approximate surface area is 212 Å². The average molecular weight is 543 g/mol. The third-order valence-corrected chi connectivity index (χ3v) is 7.62. The van der Waals surface area contributed by atoms with E-state index < -0.39 is 68.6 Å². The van der Waals surface area contributed by atoms with Crippen LogP contribution in [0.3, 0.4) is 0 Å². The number of alkyl halides is 1. The number of esters is 1. The summed E-state index contributed by atoms with van der Waals surface area (Å²) >= 11 is 0. The zero-order chi connectivity index (χ0) is 27.4. The fourth-order valence-electron chi connectivity index (χ4n) is 3.72. The van der Waals surface area contributed by atoms with Crippen LogP contribution in [0.5, 0.6) is 5.75 Å². The van der Waals surface area contributed by atoms with E-state index in [0.717, 1.165) is 10.8 Å². The van der Waals surface area contributed by atoms with E-state index in [1.807, 2.05) is 0 Å². The Morgan fingerprint density at radius 3 is 2.57 bits per heavy atom. The average Bonchev–Trinajstić information content (AvgIpc) is 3.08. The van der Waals surface area contributed by atoms with Gasteiger partial charge in [0.05, 0.1) is 24.8 Å². The minimum absolute atomic E-state index is 0.104. The zero-order valence-electron chi connectivity index (χ0n) is 20.6. The molecule has 3 rings (SSSR count). The third-order valence-electron chi connectivity index (χ3n) is 5.59. The van der Waals surface area contributed by atoms with Gasteiger partial charge >= 0.3 is 19.3 Å². The zero-order valence-corrected chi connectivity index (χ0v) is 21.5. The van der Waals surface area contributed by atoms with Crippen LogP contribution in [0.1, 0.15) is 27.0 Å². The second-order valence-corrected chi connectivity index (χ2v) is 11.0. The number of aliphatic hydroxyl groups is 2. The number of rotatable bonds is 11. The number of para-hydroxylation sites is 1. The molecule has 0 amide bonds. The summed E-state index contributed by atoms with van der Waals surface area (Å²) in [7, 11) is -4.10. The summed E-state index contributed by atoms with van der Waals surface area (Å²) in [6, 6.07) is 9.31. The van der Waals surface area contributed by atoms with E-state index in [1.54, 1.807) is 32.0 Å². The van der Waals surface area contributed by atoms with Crippen molar-refractivity contribution in [3.05, 3.63) is 53.1 Å². The van der Waals surface area contributed by atoms with Gasteiger partial charge in [0.2, 0.25) is 0 Å². The molecule has 1 saturated heterocycles. The molecule has 0 bridgehead atoms. The van der Waals surface area contributed by atoms with Gasteiger partial charge in [-0.25, -0.2) is 13.8 Å². The van der Waals surface area contributed by atoms with Gasteiger partial charge in [-0.1, -0.05) is 25.1 Å². The van der Waals surface area contributed by atoms with Crippen LogP contribution in [-0.4, -0.2) is 69.1 Å². The van der Waals surface area contributed by atoms with E-state index in [0.29, 0.717) is 0 Å². The molecule has 204 valence electrons. The van der Waals surface area contributed by atoms with Crippen LogP contribution < -0.4 is 15.9 Å². The lowest BCUT2D eigenvalue weighted by Gasteiger charge is -2.28. The van der Waals surface area contributed by atoms with E-state index >= 15 is 0 Å². The van der Waals surface area contributed by atoms with Crippen LogP contribution in [0.25, 0.3) is 0 Å². The van der Waals surface area contributed by atoms with Gasteiger partial charge in [-0.2, -0.15) is 4.98 Å².